The second-order valence-corrected chi connectivity index (χ2v) is 12.7. The van der Waals surface area contributed by atoms with Gasteiger partial charge in [0.2, 0.25) is 15.9 Å². The third-order valence-electron chi connectivity index (χ3n) is 7.74. The first-order chi connectivity index (χ1) is 22.6. The van der Waals surface area contributed by atoms with Crippen LogP contribution in [0.1, 0.15) is 41.6 Å². The monoisotopic (exact) mass is 660 g/mol. The van der Waals surface area contributed by atoms with Crippen LogP contribution in [0.2, 0.25) is 0 Å². The van der Waals surface area contributed by atoms with Gasteiger partial charge in [-0.15, -0.1) is 0 Å². The minimum Gasteiger partial charge on any atom is -0.497 e. The van der Waals surface area contributed by atoms with Crippen molar-refractivity contribution in [1.29, 1.82) is 0 Å². The number of para-hydroxylation sites is 1. The fourth-order valence-corrected chi connectivity index (χ4v) is 6.81. The molecule has 0 spiro atoms. The molecule has 246 valence electrons. The van der Waals surface area contributed by atoms with Crippen molar-refractivity contribution >= 4 is 27.6 Å². The van der Waals surface area contributed by atoms with E-state index in [9.17, 15) is 23.1 Å². The number of hydrogen-bond acceptors (Lipinski definition) is 8. The summed E-state index contributed by atoms with van der Waals surface area (Å²) in [5.74, 6) is 1.13. The minimum absolute atomic E-state index is 0.0291. The van der Waals surface area contributed by atoms with Crippen molar-refractivity contribution in [2.45, 2.75) is 49.1 Å². The molecule has 4 aromatic carbocycles. The van der Waals surface area contributed by atoms with E-state index in [1.807, 2.05) is 12.1 Å². The Kier molecular flexibility index (Phi) is 10.6. The first kappa shape index (κ1) is 33.3. The van der Waals surface area contributed by atoms with Gasteiger partial charge in [-0.25, -0.2) is 17.9 Å². The number of carbonyl (C=O) groups excluding carboxylic acids is 1. The zero-order valence-electron chi connectivity index (χ0n) is 26.0. The van der Waals surface area contributed by atoms with Gasteiger partial charge in [0.1, 0.15) is 33.6 Å². The zero-order valence-corrected chi connectivity index (χ0v) is 26.8. The molecule has 1 amide bonds. The van der Waals surface area contributed by atoms with Crippen LogP contribution >= 0.6 is 0 Å². The number of carbonyl (C=O) groups is 2. The van der Waals surface area contributed by atoms with Crippen molar-refractivity contribution in [3.63, 3.8) is 0 Å². The van der Waals surface area contributed by atoms with Crippen LogP contribution in [-0.4, -0.2) is 51.8 Å². The lowest BCUT2D eigenvalue weighted by atomic mass is 9.94. The Morgan fingerprint density at radius 1 is 0.787 bits per heavy atom. The third-order valence-corrected chi connectivity index (χ3v) is 9.28. The highest BCUT2D eigenvalue weighted by Gasteiger charge is 2.29. The topological polar surface area (TPSA) is 149 Å². The smallest absolute Gasteiger partial charge is 0.337 e. The van der Waals surface area contributed by atoms with Crippen molar-refractivity contribution in [3.8, 4) is 28.7 Å². The van der Waals surface area contributed by atoms with Gasteiger partial charge in [0.25, 0.3) is 0 Å². The summed E-state index contributed by atoms with van der Waals surface area (Å²) in [6.45, 7) is 0. The Bertz CT molecular complexity index is 1800. The lowest BCUT2D eigenvalue weighted by molar-refractivity contribution is -0.115. The molecule has 0 saturated heterocycles. The van der Waals surface area contributed by atoms with Gasteiger partial charge in [-0.2, -0.15) is 0 Å². The van der Waals surface area contributed by atoms with Gasteiger partial charge >= 0.3 is 5.97 Å². The van der Waals surface area contributed by atoms with E-state index in [0.29, 0.717) is 48.7 Å². The normalized spacial score (nSPS) is 16.1. The maximum Gasteiger partial charge on any atom is 0.337 e. The average Bonchev–Trinajstić information content (AvgIpc) is 3.07. The van der Waals surface area contributed by atoms with E-state index in [4.69, 9.17) is 18.9 Å². The molecule has 12 heteroatoms. The molecule has 5 rings (SSSR count). The van der Waals surface area contributed by atoms with E-state index in [-0.39, 0.29) is 46.4 Å². The predicted octanol–water partition coefficient (Wildman–Crippen LogP) is 6.04. The first-order valence-corrected chi connectivity index (χ1v) is 16.5. The second kappa shape index (κ2) is 15.0. The highest BCUT2D eigenvalue weighted by atomic mass is 32.2. The lowest BCUT2D eigenvalue weighted by Crippen LogP contribution is -2.39. The summed E-state index contributed by atoms with van der Waals surface area (Å²) in [5, 5.41) is 12.0. The Hall–Kier alpha value is -5.07. The predicted molar refractivity (Wildman–Crippen MR) is 175 cm³/mol. The molecule has 0 bridgehead atoms. The van der Waals surface area contributed by atoms with Crippen LogP contribution in [0.3, 0.4) is 0 Å². The van der Waals surface area contributed by atoms with Crippen LogP contribution in [0, 0.1) is 0 Å². The molecule has 0 unspecified atom stereocenters. The van der Waals surface area contributed by atoms with E-state index in [0.717, 1.165) is 5.56 Å². The van der Waals surface area contributed by atoms with Crippen molar-refractivity contribution in [1.82, 2.24) is 4.72 Å². The number of carboxylic acids is 1. The van der Waals surface area contributed by atoms with Crippen LogP contribution in [0.5, 0.6) is 28.7 Å². The van der Waals surface area contributed by atoms with Gasteiger partial charge in [-0.1, -0.05) is 24.3 Å². The van der Waals surface area contributed by atoms with Crippen LogP contribution < -0.4 is 29.0 Å². The van der Waals surface area contributed by atoms with Crippen molar-refractivity contribution in [3.05, 3.63) is 102 Å². The largest absolute Gasteiger partial charge is 0.497 e. The van der Waals surface area contributed by atoms with Crippen LogP contribution in [0.15, 0.2) is 95.9 Å². The quantitative estimate of drug-likeness (QED) is 0.156. The number of rotatable bonds is 13. The van der Waals surface area contributed by atoms with E-state index >= 15 is 0 Å². The number of methoxy groups -OCH3 is 2. The maximum absolute atomic E-state index is 13.1. The fourth-order valence-electron chi connectivity index (χ4n) is 5.32. The van der Waals surface area contributed by atoms with Gasteiger partial charge in [-0.3, -0.25) is 4.79 Å². The van der Waals surface area contributed by atoms with E-state index < -0.39 is 16.0 Å². The third kappa shape index (κ3) is 8.81. The molecule has 0 atom stereocenters. The van der Waals surface area contributed by atoms with Gasteiger partial charge in [0, 0.05) is 12.1 Å². The summed E-state index contributed by atoms with van der Waals surface area (Å²) < 4.78 is 51.6. The number of sulfonamides is 1. The number of amides is 1. The van der Waals surface area contributed by atoms with Gasteiger partial charge in [0.15, 0.2) is 0 Å². The number of benzene rings is 4. The molecular formula is C35H36N2O9S. The SMILES string of the molecule is COc1ccc(OC)c(S(=O)(=O)NC2CCC(Oc3ccc(Oc4ccc(CC(=O)Nc5ccccc5C(=O)O)cc4)cc3)CC2)c1. The Morgan fingerprint density at radius 2 is 1.40 bits per heavy atom. The van der Waals surface area contributed by atoms with E-state index in [1.165, 1.54) is 26.4 Å². The van der Waals surface area contributed by atoms with E-state index in [2.05, 4.69) is 10.0 Å². The number of ether oxygens (including phenoxy) is 4. The Morgan fingerprint density at radius 3 is 2.04 bits per heavy atom. The fraction of sp³-hybridized carbons (Fsp3) is 0.257. The lowest BCUT2D eigenvalue weighted by Gasteiger charge is -2.29. The molecule has 0 aliphatic heterocycles. The molecule has 4 aromatic rings. The Labute approximate surface area is 273 Å². The Balaban J connectivity index is 1.08. The molecule has 0 heterocycles. The molecule has 47 heavy (non-hydrogen) atoms. The van der Waals surface area contributed by atoms with Gasteiger partial charge < -0.3 is 29.4 Å². The summed E-state index contributed by atoms with van der Waals surface area (Å²) in [5.41, 5.74) is 1.02. The summed E-state index contributed by atoms with van der Waals surface area (Å²) in [7, 11) is -0.902. The van der Waals surface area contributed by atoms with Crippen molar-refractivity contribution in [2.24, 2.45) is 0 Å². The van der Waals surface area contributed by atoms with Gasteiger partial charge in [0.05, 0.1) is 38.0 Å². The second-order valence-electron chi connectivity index (χ2n) is 11.0. The average molecular weight is 661 g/mol. The summed E-state index contributed by atoms with van der Waals surface area (Å²) >= 11 is 0. The zero-order chi connectivity index (χ0) is 33.4. The standard InChI is InChI=1S/C35H36N2O9S/c1-43-29-19-20-32(44-2)33(22-29)47(41,42)37-24-9-13-26(14-10-24)46-28-17-15-27(16-18-28)45-25-11-7-23(8-12-25)21-34(38)36-31-6-4-3-5-30(31)35(39)40/h3-8,11-12,15-20,22,24,26,37H,9-10,13-14,21H2,1-2H3,(H,36,38)(H,39,40). The number of carboxylic acid groups (broad SMARTS) is 1. The molecule has 0 radical (unpaired) electrons. The van der Waals surface area contributed by atoms with Crippen LogP contribution in [0.25, 0.3) is 0 Å². The maximum atomic E-state index is 13.1. The molecule has 1 fully saturated rings. The van der Waals surface area contributed by atoms with Crippen LogP contribution in [0.4, 0.5) is 5.69 Å². The number of nitrogens with one attached hydrogen (secondary N) is 2. The molecule has 3 N–H and O–H groups in total. The highest BCUT2D eigenvalue weighted by molar-refractivity contribution is 7.89. The molecule has 11 nitrogen and oxygen atoms in total. The summed E-state index contributed by atoms with van der Waals surface area (Å²) in [6.07, 6.45) is 2.67. The number of hydrogen-bond donors (Lipinski definition) is 3. The molecule has 1 saturated carbocycles. The molecular weight excluding hydrogens is 624 g/mol. The highest BCUT2D eigenvalue weighted by Crippen LogP contribution is 2.31. The number of aromatic carboxylic acids is 1. The molecule has 0 aromatic heterocycles. The van der Waals surface area contributed by atoms with Crippen molar-refractivity contribution in [2.75, 3.05) is 19.5 Å². The minimum atomic E-state index is -3.81. The van der Waals surface area contributed by atoms with Crippen molar-refractivity contribution < 1.29 is 42.1 Å². The summed E-state index contributed by atoms with van der Waals surface area (Å²) in [4.78, 5) is 23.9. The van der Waals surface area contributed by atoms with Gasteiger partial charge in [-0.05, 0) is 91.9 Å². The molecule has 1 aliphatic rings. The van der Waals surface area contributed by atoms with Crippen LogP contribution in [-0.2, 0) is 21.2 Å². The first-order valence-electron chi connectivity index (χ1n) is 15.0. The summed E-state index contributed by atoms with van der Waals surface area (Å²) in [6, 6.07) is 25.0. The molecule has 1 aliphatic carbocycles. The number of anilines is 1. The van der Waals surface area contributed by atoms with E-state index in [1.54, 1.807) is 66.7 Å².